The lowest BCUT2D eigenvalue weighted by Crippen LogP contribution is -2.36. The highest BCUT2D eigenvalue weighted by atomic mass is 16.5. The second-order valence-corrected chi connectivity index (χ2v) is 7.83. The Labute approximate surface area is 189 Å². The maximum Gasteiger partial charge on any atom is 0.251 e. The van der Waals surface area contributed by atoms with Gasteiger partial charge in [0.2, 0.25) is 5.91 Å². The SMILES string of the molecule is CCOCCOc1ccccc1NC(=O)CNc1cccc(C(=O)NC2CCCCC2)c1. The molecule has 1 saturated carbocycles. The number of nitrogens with one attached hydrogen (secondary N) is 3. The molecule has 0 spiro atoms. The maximum absolute atomic E-state index is 12.6. The van der Waals surface area contributed by atoms with Gasteiger partial charge >= 0.3 is 0 Å². The molecule has 2 amide bonds. The number of ether oxygens (including phenoxy) is 2. The van der Waals surface area contributed by atoms with E-state index in [1.165, 1.54) is 19.3 Å². The van der Waals surface area contributed by atoms with Gasteiger partial charge in [0.05, 0.1) is 18.8 Å². The van der Waals surface area contributed by atoms with Crippen LogP contribution in [0.5, 0.6) is 5.75 Å². The average Bonchev–Trinajstić information content (AvgIpc) is 2.82. The smallest absolute Gasteiger partial charge is 0.251 e. The minimum absolute atomic E-state index is 0.0665. The van der Waals surface area contributed by atoms with Crippen LogP contribution in [-0.2, 0) is 9.53 Å². The van der Waals surface area contributed by atoms with Crippen molar-refractivity contribution >= 4 is 23.2 Å². The van der Waals surface area contributed by atoms with Gasteiger partial charge < -0.3 is 25.4 Å². The predicted octanol–water partition coefficient (Wildman–Crippen LogP) is 4.22. The first kappa shape index (κ1) is 23.6. The zero-order chi connectivity index (χ0) is 22.6. The van der Waals surface area contributed by atoms with Crippen LogP contribution in [0.25, 0.3) is 0 Å². The zero-order valence-electron chi connectivity index (χ0n) is 18.7. The molecule has 32 heavy (non-hydrogen) atoms. The van der Waals surface area contributed by atoms with E-state index in [4.69, 9.17) is 9.47 Å². The number of carbonyl (C=O) groups is 2. The molecular formula is C25H33N3O4. The second kappa shape index (κ2) is 12.7. The minimum atomic E-state index is -0.206. The molecule has 2 aromatic carbocycles. The van der Waals surface area contributed by atoms with Crippen LogP contribution in [0.15, 0.2) is 48.5 Å². The summed E-state index contributed by atoms with van der Waals surface area (Å²) in [5.41, 5.74) is 1.92. The van der Waals surface area contributed by atoms with Crippen LogP contribution in [0.3, 0.4) is 0 Å². The third-order valence-electron chi connectivity index (χ3n) is 5.37. The predicted molar refractivity (Wildman–Crippen MR) is 126 cm³/mol. The fourth-order valence-corrected chi connectivity index (χ4v) is 3.71. The van der Waals surface area contributed by atoms with E-state index in [0.29, 0.717) is 36.8 Å². The molecule has 0 saturated heterocycles. The van der Waals surface area contributed by atoms with Gasteiger partial charge in [0.1, 0.15) is 12.4 Å². The molecule has 1 aliphatic carbocycles. The fraction of sp³-hybridized carbons (Fsp3) is 0.440. The molecule has 3 rings (SSSR count). The molecule has 0 heterocycles. The fourth-order valence-electron chi connectivity index (χ4n) is 3.71. The van der Waals surface area contributed by atoms with Crippen LogP contribution in [0.4, 0.5) is 11.4 Å². The van der Waals surface area contributed by atoms with Crippen molar-refractivity contribution in [3.05, 3.63) is 54.1 Å². The molecule has 0 aromatic heterocycles. The van der Waals surface area contributed by atoms with Crippen LogP contribution in [0.2, 0.25) is 0 Å². The van der Waals surface area contributed by atoms with Crippen LogP contribution in [0, 0.1) is 0 Å². The molecule has 0 unspecified atom stereocenters. The Morgan fingerprint density at radius 1 is 1.00 bits per heavy atom. The van der Waals surface area contributed by atoms with Gasteiger partial charge in [-0.15, -0.1) is 0 Å². The Balaban J connectivity index is 1.50. The summed E-state index contributed by atoms with van der Waals surface area (Å²) < 4.78 is 11.0. The number of carbonyl (C=O) groups excluding carboxylic acids is 2. The van der Waals surface area contributed by atoms with Crippen molar-refractivity contribution in [2.24, 2.45) is 0 Å². The molecule has 2 aromatic rings. The molecular weight excluding hydrogens is 406 g/mol. The van der Waals surface area contributed by atoms with E-state index in [0.717, 1.165) is 18.5 Å². The second-order valence-electron chi connectivity index (χ2n) is 7.83. The van der Waals surface area contributed by atoms with E-state index in [1.807, 2.05) is 37.3 Å². The number of rotatable bonds is 11. The molecule has 1 fully saturated rings. The van der Waals surface area contributed by atoms with Gasteiger partial charge in [0.15, 0.2) is 0 Å². The standard InChI is InChI=1S/C25H33N3O4/c1-2-31-15-16-32-23-14-7-6-13-22(23)28-24(29)18-26-21-12-8-9-19(17-21)25(30)27-20-10-4-3-5-11-20/h6-9,12-14,17,20,26H,2-5,10-11,15-16,18H2,1H3,(H,27,30)(H,28,29). The van der Waals surface area contributed by atoms with E-state index in [2.05, 4.69) is 16.0 Å². The zero-order valence-corrected chi connectivity index (χ0v) is 18.7. The number of hydrogen-bond acceptors (Lipinski definition) is 5. The number of anilines is 2. The Hall–Kier alpha value is -3.06. The van der Waals surface area contributed by atoms with E-state index in [-0.39, 0.29) is 24.4 Å². The first-order chi connectivity index (χ1) is 15.7. The lowest BCUT2D eigenvalue weighted by Gasteiger charge is -2.22. The minimum Gasteiger partial charge on any atom is -0.489 e. The highest BCUT2D eigenvalue weighted by molar-refractivity contribution is 5.96. The summed E-state index contributed by atoms with van der Waals surface area (Å²) in [5.74, 6) is 0.327. The van der Waals surface area contributed by atoms with Gasteiger partial charge in [-0.3, -0.25) is 9.59 Å². The van der Waals surface area contributed by atoms with Crippen molar-refractivity contribution in [3.8, 4) is 5.75 Å². The summed E-state index contributed by atoms with van der Waals surface area (Å²) in [5, 5.41) is 9.08. The monoisotopic (exact) mass is 439 g/mol. The summed E-state index contributed by atoms with van der Waals surface area (Å²) in [6, 6.07) is 14.8. The summed E-state index contributed by atoms with van der Waals surface area (Å²) in [6.07, 6.45) is 5.67. The summed E-state index contributed by atoms with van der Waals surface area (Å²) in [4.78, 5) is 25.0. The van der Waals surface area contributed by atoms with Crippen molar-refractivity contribution in [2.45, 2.75) is 45.1 Å². The number of para-hydroxylation sites is 2. The lowest BCUT2D eigenvalue weighted by molar-refractivity contribution is -0.114. The van der Waals surface area contributed by atoms with Crippen LogP contribution >= 0.6 is 0 Å². The molecule has 3 N–H and O–H groups in total. The van der Waals surface area contributed by atoms with Gasteiger partial charge in [-0.1, -0.05) is 37.5 Å². The van der Waals surface area contributed by atoms with E-state index >= 15 is 0 Å². The van der Waals surface area contributed by atoms with Gasteiger partial charge in [-0.2, -0.15) is 0 Å². The highest BCUT2D eigenvalue weighted by Crippen LogP contribution is 2.23. The summed E-state index contributed by atoms with van der Waals surface area (Å²) in [6.45, 7) is 3.54. The molecule has 7 heteroatoms. The molecule has 172 valence electrons. The quantitative estimate of drug-likeness (QED) is 0.456. The van der Waals surface area contributed by atoms with Gasteiger partial charge in [0.25, 0.3) is 5.91 Å². The van der Waals surface area contributed by atoms with E-state index < -0.39 is 0 Å². The Morgan fingerprint density at radius 2 is 1.81 bits per heavy atom. The third-order valence-corrected chi connectivity index (χ3v) is 5.37. The Kier molecular flexibility index (Phi) is 9.37. The molecule has 0 bridgehead atoms. The largest absolute Gasteiger partial charge is 0.489 e. The maximum atomic E-state index is 12.6. The van der Waals surface area contributed by atoms with Crippen LogP contribution in [0.1, 0.15) is 49.4 Å². The third kappa shape index (κ3) is 7.57. The summed E-state index contributed by atoms with van der Waals surface area (Å²) >= 11 is 0. The number of benzene rings is 2. The van der Waals surface area contributed by atoms with E-state index in [1.54, 1.807) is 18.2 Å². The first-order valence-electron chi connectivity index (χ1n) is 11.4. The van der Waals surface area contributed by atoms with Gasteiger partial charge in [-0.25, -0.2) is 0 Å². The van der Waals surface area contributed by atoms with Crippen molar-refractivity contribution in [1.29, 1.82) is 0 Å². The highest BCUT2D eigenvalue weighted by Gasteiger charge is 2.17. The van der Waals surface area contributed by atoms with Crippen molar-refractivity contribution in [2.75, 3.05) is 37.0 Å². The normalized spacial score (nSPS) is 13.9. The lowest BCUT2D eigenvalue weighted by atomic mass is 9.95. The molecule has 0 atom stereocenters. The number of hydrogen-bond donors (Lipinski definition) is 3. The molecule has 1 aliphatic rings. The number of amides is 2. The first-order valence-corrected chi connectivity index (χ1v) is 11.4. The Bertz CT molecular complexity index is 881. The molecule has 0 radical (unpaired) electrons. The average molecular weight is 440 g/mol. The van der Waals surface area contributed by atoms with Crippen LogP contribution < -0.4 is 20.7 Å². The topological polar surface area (TPSA) is 88.7 Å². The van der Waals surface area contributed by atoms with Crippen molar-refractivity contribution in [3.63, 3.8) is 0 Å². The van der Waals surface area contributed by atoms with E-state index in [9.17, 15) is 9.59 Å². The molecule has 7 nitrogen and oxygen atoms in total. The summed E-state index contributed by atoms with van der Waals surface area (Å²) in [7, 11) is 0. The van der Waals surface area contributed by atoms with Gasteiger partial charge in [0, 0.05) is 23.9 Å². The van der Waals surface area contributed by atoms with Crippen molar-refractivity contribution in [1.82, 2.24) is 5.32 Å². The van der Waals surface area contributed by atoms with Crippen molar-refractivity contribution < 1.29 is 19.1 Å². The molecule has 0 aliphatic heterocycles. The van der Waals surface area contributed by atoms with Crippen LogP contribution in [-0.4, -0.2) is 44.2 Å². The van der Waals surface area contributed by atoms with Gasteiger partial charge in [-0.05, 0) is 50.1 Å². The Morgan fingerprint density at radius 3 is 2.62 bits per heavy atom.